The van der Waals surface area contributed by atoms with Gasteiger partial charge in [-0.2, -0.15) is 0 Å². The third kappa shape index (κ3) is 12.4. The largest absolute Gasteiger partial charge is 0.481 e. The lowest BCUT2D eigenvalue weighted by Gasteiger charge is -2.20. The number of pyridine rings is 1. The third-order valence-electron chi connectivity index (χ3n) is 5.50. The molecule has 1 aromatic heterocycles. The molecule has 1 aliphatic rings. The molecular formula is C32H47N3O3S. The zero-order valence-electron chi connectivity index (χ0n) is 24.7. The fraction of sp³-hybridized carbons (Fsp3) is 0.406. The number of carbonyl (C=O) groups excluding carboxylic acids is 1. The summed E-state index contributed by atoms with van der Waals surface area (Å²) in [5, 5.41) is 12.6. The van der Waals surface area contributed by atoms with Crippen molar-refractivity contribution in [3.8, 4) is 0 Å². The highest BCUT2D eigenvalue weighted by Gasteiger charge is 2.23. The molecule has 4 N–H and O–H groups in total. The molecule has 0 aliphatic heterocycles. The van der Waals surface area contributed by atoms with Crippen LogP contribution in [0, 0.1) is 12.8 Å². The number of hydrogen-bond acceptors (Lipinski definition) is 5. The maximum absolute atomic E-state index is 12.1. The van der Waals surface area contributed by atoms with Crippen molar-refractivity contribution in [2.75, 3.05) is 12.3 Å². The number of nitrogens with two attached hydrogens (primary N) is 1. The van der Waals surface area contributed by atoms with Crippen LogP contribution in [0.5, 0.6) is 0 Å². The number of allylic oxidation sites excluding steroid dienone is 3. The number of rotatable bonds is 11. The van der Waals surface area contributed by atoms with Crippen molar-refractivity contribution in [2.45, 2.75) is 67.7 Å². The zero-order chi connectivity index (χ0) is 29.6. The molecule has 1 aromatic carbocycles. The van der Waals surface area contributed by atoms with Crippen LogP contribution < -0.4 is 11.1 Å². The summed E-state index contributed by atoms with van der Waals surface area (Å²) in [6.07, 6.45) is 8.62. The van der Waals surface area contributed by atoms with Gasteiger partial charge in [0.2, 0.25) is 6.41 Å². The Balaban J connectivity index is 0.00000225. The van der Waals surface area contributed by atoms with Gasteiger partial charge in [0.25, 0.3) is 0 Å². The fourth-order valence-corrected chi connectivity index (χ4v) is 4.85. The normalized spacial score (nSPS) is 13.2. The summed E-state index contributed by atoms with van der Waals surface area (Å²) >= 11 is 1.44. The number of aliphatic carboxylic acids is 1. The van der Waals surface area contributed by atoms with Crippen LogP contribution in [0.4, 0.5) is 0 Å². The average molecular weight is 554 g/mol. The van der Waals surface area contributed by atoms with E-state index >= 15 is 0 Å². The van der Waals surface area contributed by atoms with Crippen LogP contribution in [0.25, 0.3) is 10.6 Å². The molecule has 6 nitrogen and oxygen atoms in total. The summed E-state index contributed by atoms with van der Waals surface area (Å²) in [4.78, 5) is 28.1. The molecule has 0 saturated carbocycles. The molecule has 214 valence electrons. The first-order valence-electron chi connectivity index (χ1n) is 13.9. The van der Waals surface area contributed by atoms with E-state index < -0.39 is 11.9 Å². The molecule has 1 aliphatic carbocycles. The van der Waals surface area contributed by atoms with Crippen LogP contribution >= 0.6 is 11.8 Å². The van der Waals surface area contributed by atoms with Crippen molar-refractivity contribution in [3.63, 3.8) is 0 Å². The SMILES string of the molecule is CC.CC.CC.Cc1ccc(/C(N)=C(/SC[C@@H](CC2=C(CNC=O)CCC=C2)C(=O)O)c2ccccc2)nc1. The van der Waals surface area contributed by atoms with Gasteiger partial charge < -0.3 is 16.2 Å². The van der Waals surface area contributed by atoms with Gasteiger partial charge >= 0.3 is 5.97 Å². The Bertz CT molecular complexity index is 1060. The van der Waals surface area contributed by atoms with Crippen molar-refractivity contribution in [1.29, 1.82) is 0 Å². The van der Waals surface area contributed by atoms with Gasteiger partial charge in [-0.05, 0) is 54.5 Å². The Morgan fingerprint density at radius 2 is 1.77 bits per heavy atom. The Morgan fingerprint density at radius 3 is 2.33 bits per heavy atom. The number of nitrogens with one attached hydrogen (secondary N) is 1. The Kier molecular flexibility index (Phi) is 19.8. The standard InChI is InChI=1S/C26H29N3O3S.3C2H6/c1-18-11-12-23(29-14-18)24(27)25(19-7-3-2-4-8-19)33-16-22(26(31)32)13-20-9-5-6-10-21(20)15-28-17-30;3*1-2/h2-5,7-9,11-12,14,17,22H,6,10,13,15-16,27H2,1H3,(H,28,30)(H,31,32);3*1-2H3/b25-24-;;;/t22-;;;/m1.../s1. The molecule has 7 heteroatoms. The van der Waals surface area contributed by atoms with Crippen molar-refractivity contribution in [1.82, 2.24) is 10.3 Å². The van der Waals surface area contributed by atoms with Crippen molar-refractivity contribution in [2.24, 2.45) is 11.7 Å². The van der Waals surface area contributed by atoms with Crippen molar-refractivity contribution < 1.29 is 14.7 Å². The smallest absolute Gasteiger partial charge is 0.307 e. The lowest BCUT2D eigenvalue weighted by molar-refractivity contribution is -0.140. The van der Waals surface area contributed by atoms with Gasteiger partial charge in [-0.1, -0.05) is 90.1 Å². The van der Waals surface area contributed by atoms with E-state index in [1.807, 2.05) is 97.0 Å². The Labute approximate surface area is 239 Å². The maximum atomic E-state index is 12.1. The number of benzene rings is 1. The molecule has 1 atom stereocenters. The number of hydrogen-bond donors (Lipinski definition) is 3. The van der Waals surface area contributed by atoms with E-state index in [1.54, 1.807) is 6.20 Å². The van der Waals surface area contributed by atoms with E-state index in [-0.39, 0.29) is 0 Å². The Morgan fingerprint density at radius 1 is 1.10 bits per heavy atom. The van der Waals surface area contributed by atoms with E-state index in [4.69, 9.17) is 5.73 Å². The maximum Gasteiger partial charge on any atom is 0.307 e. The van der Waals surface area contributed by atoms with Crippen LogP contribution in [-0.2, 0) is 9.59 Å². The van der Waals surface area contributed by atoms with Gasteiger partial charge in [0.15, 0.2) is 0 Å². The second-order valence-electron chi connectivity index (χ2n) is 7.95. The van der Waals surface area contributed by atoms with Crippen LogP contribution in [0.1, 0.15) is 77.6 Å². The molecule has 1 heterocycles. The highest BCUT2D eigenvalue weighted by atomic mass is 32.2. The van der Waals surface area contributed by atoms with Crippen LogP contribution in [-0.4, -0.2) is 34.8 Å². The summed E-state index contributed by atoms with van der Waals surface area (Å²) < 4.78 is 0. The number of carboxylic acids is 1. The topological polar surface area (TPSA) is 105 Å². The van der Waals surface area contributed by atoms with Gasteiger partial charge in [0, 0.05) is 23.4 Å². The second-order valence-corrected chi connectivity index (χ2v) is 8.98. The number of aromatic nitrogens is 1. The molecule has 39 heavy (non-hydrogen) atoms. The lowest BCUT2D eigenvalue weighted by atomic mass is 9.91. The number of amides is 1. The average Bonchev–Trinajstić information content (AvgIpc) is 3.00. The van der Waals surface area contributed by atoms with E-state index in [0.29, 0.717) is 36.5 Å². The molecule has 0 spiro atoms. The number of aryl methyl sites for hydroxylation is 1. The summed E-state index contributed by atoms with van der Waals surface area (Å²) in [7, 11) is 0. The fourth-order valence-electron chi connectivity index (χ4n) is 3.66. The molecule has 0 unspecified atom stereocenters. The van der Waals surface area contributed by atoms with E-state index in [2.05, 4.69) is 16.4 Å². The number of carbonyl (C=O) groups is 2. The molecular weight excluding hydrogens is 506 g/mol. The summed E-state index contributed by atoms with van der Waals surface area (Å²) in [5.41, 5.74) is 11.8. The minimum absolute atomic E-state index is 0.359. The zero-order valence-corrected chi connectivity index (χ0v) is 25.5. The highest BCUT2D eigenvalue weighted by molar-refractivity contribution is 8.08. The van der Waals surface area contributed by atoms with Crippen LogP contribution in [0.2, 0.25) is 0 Å². The number of carboxylic acid groups (broad SMARTS) is 1. The molecule has 0 fully saturated rings. The van der Waals surface area contributed by atoms with Crippen LogP contribution in [0.3, 0.4) is 0 Å². The Hall–Kier alpha value is -3.32. The molecule has 0 saturated heterocycles. The monoisotopic (exact) mass is 553 g/mol. The molecule has 0 bridgehead atoms. The minimum Gasteiger partial charge on any atom is -0.481 e. The molecule has 0 radical (unpaired) electrons. The summed E-state index contributed by atoms with van der Waals surface area (Å²) in [6, 6.07) is 13.6. The first kappa shape index (κ1) is 35.7. The second kappa shape index (κ2) is 21.6. The van der Waals surface area contributed by atoms with Gasteiger partial charge in [-0.3, -0.25) is 14.6 Å². The predicted octanol–water partition coefficient (Wildman–Crippen LogP) is 7.47. The van der Waals surface area contributed by atoms with Crippen molar-refractivity contribution >= 4 is 34.7 Å². The first-order chi connectivity index (χ1) is 19.0. The van der Waals surface area contributed by atoms with E-state index in [0.717, 1.165) is 40.0 Å². The van der Waals surface area contributed by atoms with E-state index in [1.165, 1.54) is 11.8 Å². The quantitative estimate of drug-likeness (QED) is 0.249. The third-order valence-corrected chi connectivity index (χ3v) is 6.81. The molecule has 1 amide bonds. The summed E-state index contributed by atoms with van der Waals surface area (Å²) in [5.74, 6) is -1.09. The lowest BCUT2D eigenvalue weighted by Crippen LogP contribution is -2.21. The van der Waals surface area contributed by atoms with Crippen molar-refractivity contribution in [3.05, 3.63) is 88.8 Å². The van der Waals surface area contributed by atoms with E-state index in [9.17, 15) is 14.7 Å². The number of nitrogens with zero attached hydrogens (tertiary/aromatic N) is 1. The molecule has 3 rings (SSSR count). The van der Waals surface area contributed by atoms with Gasteiger partial charge in [-0.15, -0.1) is 11.8 Å². The predicted molar refractivity (Wildman–Crippen MR) is 168 cm³/mol. The van der Waals surface area contributed by atoms with Crippen LogP contribution in [0.15, 0.2) is 72.0 Å². The first-order valence-corrected chi connectivity index (χ1v) is 14.9. The minimum atomic E-state index is -0.851. The summed E-state index contributed by atoms with van der Waals surface area (Å²) in [6.45, 7) is 14.4. The number of thioether (sulfide) groups is 1. The highest BCUT2D eigenvalue weighted by Crippen LogP contribution is 2.35. The van der Waals surface area contributed by atoms with Gasteiger partial charge in [0.05, 0.1) is 17.3 Å². The molecule has 2 aromatic rings. The van der Waals surface area contributed by atoms with Gasteiger partial charge in [-0.25, -0.2) is 0 Å². The van der Waals surface area contributed by atoms with Gasteiger partial charge in [0.1, 0.15) is 0 Å².